The summed E-state index contributed by atoms with van der Waals surface area (Å²) in [6.07, 6.45) is 1.15. The van der Waals surface area contributed by atoms with E-state index in [1.165, 1.54) is 18.2 Å². The lowest BCUT2D eigenvalue weighted by Crippen LogP contribution is -2.29. The molecule has 0 heterocycles. The quantitative estimate of drug-likeness (QED) is 0.855. The SMILES string of the molecule is CC1CC1CN(C)C(=O)c1cc(F)ccc1C#CCN. The van der Waals surface area contributed by atoms with Gasteiger partial charge in [0.25, 0.3) is 5.91 Å². The lowest BCUT2D eigenvalue weighted by Gasteiger charge is -2.18. The molecule has 1 fully saturated rings. The normalized spacial score (nSPS) is 20.0. The van der Waals surface area contributed by atoms with Crippen molar-refractivity contribution in [2.75, 3.05) is 20.1 Å². The molecular weight excluding hydrogens is 255 g/mol. The molecule has 1 aliphatic rings. The first-order valence-corrected chi connectivity index (χ1v) is 6.77. The first-order valence-electron chi connectivity index (χ1n) is 6.77. The van der Waals surface area contributed by atoms with E-state index in [1.54, 1.807) is 11.9 Å². The highest BCUT2D eigenvalue weighted by Gasteiger charge is 2.34. The number of hydrogen-bond acceptors (Lipinski definition) is 2. The molecule has 1 saturated carbocycles. The summed E-state index contributed by atoms with van der Waals surface area (Å²) >= 11 is 0. The van der Waals surface area contributed by atoms with E-state index < -0.39 is 5.82 Å². The number of rotatable bonds is 3. The molecule has 0 aliphatic heterocycles. The van der Waals surface area contributed by atoms with E-state index in [2.05, 4.69) is 18.8 Å². The lowest BCUT2D eigenvalue weighted by atomic mass is 10.1. The van der Waals surface area contributed by atoms with Crippen LogP contribution in [0.4, 0.5) is 4.39 Å². The van der Waals surface area contributed by atoms with Crippen molar-refractivity contribution < 1.29 is 9.18 Å². The second kappa shape index (κ2) is 6.06. The molecule has 0 radical (unpaired) electrons. The second-order valence-corrected chi connectivity index (χ2v) is 5.35. The fourth-order valence-corrected chi connectivity index (χ4v) is 2.24. The van der Waals surface area contributed by atoms with E-state index in [-0.39, 0.29) is 12.5 Å². The Labute approximate surface area is 119 Å². The Morgan fingerprint density at radius 2 is 2.25 bits per heavy atom. The Kier molecular flexibility index (Phi) is 4.41. The zero-order valence-corrected chi connectivity index (χ0v) is 11.8. The predicted octanol–water partition coefficient (Wildman–Crippen LogP) is 1.86. The fourth-order valence-electron chi connectivity index (χ4n) is 2.24. The monoisotopic (exact) mass is 274 g/mol. The van der Waals surface area contributed by atoms with Crippen LogP contribution in [0.15, 0.2) is 18.2 Å². The third-order valence-electron chi connectivity index (χ3n) is 3.67. The minimum atomic E-state index is -0.431. The average molecular weight is 274 g/mol. The van der Waals surface area contributed by atoms with Crippen LogP contribution >= 0.6 is 0 Å². The van der Waals surface area contributed by atoms with Crippen LogP contribution in [0.5, 0.6) is 0 Å². The fraction of sp³-hybridized carbons (Fsp3) is 0.438. The van der Waals surface area contributed by atoms with Crippen molar-refractivity contribution in [3.05, 3.63) is 35.1 Å². The van der Waals surface area contributed by atoms with Gasteiger partial charge in [-0.1, -0.05) is 18.8 Å². The number of hydrogen-bond donors (Lipinski definition) is 1. The van der Waals surface area contributed by atoms with Crippen LogP contribution in [-0.2, 0) is 0 Å². The zero-order chi connectivity index (χ0) is 14.7. The molecule has 4 heteroatoms. The van der Waals surface area contributed by atoms with Gasteiger partial charge in [0.2, 0.25) is 0 Å². The van der Waals surface area contributed by atoms with Gasteiger partial charge in [-0.3, -0.25) is 4.79 Å². The van der Waals surface area contributed by atoms with Gasteiger partial charge in [-0.2, -0.15) is 0 Å². The van der Waals surface area contributed by atoms with Crippen molar-refractivity contribution in [1.82, 2.24) is 4.90 Å². The molecule has 2 rings (SSSR count). The van der Waals surface area contributed by atoms with Gasteiger partial charge in [-0.05, 0) is 36.5 Å². The topological polar surface area (TPSA) is 46.3 Å². The molecule has 0 saturated heterocycles. The standard InChI is InChI=1S/C16H19FN2O/c1-11-8-13(11)10-19(2)16(20)15-9-14(17)6-5-12(15)4-3-7-18/h5-6,9,11,13H,7-8,10,18H2,1-2H3. The molecule has 2 N–H and O–H groups in total. The Balaban J connectivity index is 2.20. The molecular formula is C16H19FN2O. The maximum absolute atomic E-state index is 13.4. The molecule has 0 spiro atoms. The van der Waals surface area contributed by atoms with Crippen LogP contribution in [0, 0.1) is 29.5 Å². The number of halogens is 1. The number of nitrogens with zero attached hydrogens (tertiary/aromatic N) is 1. The van der Waals surface area contributed by atoms with Crippen LogP contribution in [0.25, 0.3) is 0 Å². The highest BCUT2D eigenvalue weighted by molar-refractivity contribution is 5.96. The van der Waals surface area contributed by atoms with Gasteiger partial charge in [0.05, 0.1) is 12.1 Å². The van der Waals surface area contributed by atoms with Crippen molar-refractivity contribution in [1.29, 1.82) is 0 Å². The summed E-state index contributed by atoms with van der Waals surface area (Å²) in [6, 6.07) is 4.08. The van der Waals surface area contributed by atoms with Gasteiger partial charge >= 0.3 is 0 Å². The third kappa shape index (κ3) is 3.37. The first-order chi connectivity index (χ1) is 9.52. The molecule has 0 bridgehead atoms. The van der Waals surface area contributed by atoms with Crippen molar-refractivity contribution in [2.24, 2.45) is 17.6 Å². The molecule has 0 aromatic heterocycles. The number of nitrogens with two attached hydrogens (primary N) is 1. The maximum Gasteiger partial charge on any atom is 0.254 e. The molecule has 2 unspecified atom stereocenters. The number of carbonyl (C=O) groups is 1. The Hall–Kier alpha value is -1.86. The van der Waals surface area contributed by atoms with Gasteiger partial charge in [-0.25, -0.2) is 4.39 Å². The van der Waals surface area contributed by atoms with E-state index in [1.807, 2.05) is 0 Å². The van der Waals surface area contributed by atoms with E-state index >= 15 is 0 Å². The largest absolute Gasteiger partial charge is 0.341 e. The van der Waals surface area contributed by atoms with Gasteiger partial charge < -0.3 is 10.6 Å². The summed E-state index contributed by atoms with van der Waals surface area (Å²) in [6.45, 7) is 3.09. The highest BCUT2D eigenvalue weighted by atomic mass is 19.1. The van der Waals surface area contributed by atoms with E-state index in [4.69, 9.17) is 5.73 Å². The number of amides is 1. The second-order valence-electron chi connectivity index (χ2n) is 5.35. The van der Waals surface area contributed by atoms with Crippen LogP contribution in [-0.4, -0.2) is 30.9 Å². The molecule has 3 nitrogen and oxygen atoms in total. The van der Waals surface area contributed by atoms with Crippen molar-refractivity contribution in [2.45, 2.75) is 13.3 Å². The summed E-state index contributed by atoms with van der Waals surface area (Å²) in [5, 5.41) is 0. The van der Waals surface area contributed by atoms with Crippen molar-refractivity contribution in [3.8, 4) is 11.8 Å². The average Bonchev–Trinajstić information content (AvgIpc) is 3.11. The number of benzene rings is 1. The molecule has 1 aliphatic carbocycles. The minimum Gasteiger partial charge on any atom is -0.341 e. The van der Waals surface area contributed by atoms with Crippen LogP contribution < -0.4 is 5.73 Å². The molecule has 106 valence electrons. The van der Waals surface area contributed by atoms with E-state index in [9.17, 15) is 9.18 Å². The maximum atomic E-state index is 13.4. The Bertz CT molecular complexity index is 574. The molecule has 1 aromatic rings. The van der Waals surface area contributed by atoms with Crippen LogP contribution in [0.3, 0.4) is 0 Å². The summed E-state index contributed by atoms with van der Waals surface area (Å²) in [4.78, 5) is 14.1. The molecule has 2 atom stereocenters. The van der Waals surface area contributed by atoms with Gasteiger partial charge in [0, 0.05) is 19.2 Å². The first kappa shape index (κ1) is 14.5. The van der Waals surface area contributed by atoms with Crippen LogP contribution in [0.1, 0.15) is 29.3 Å². The summed E-state index contributed by atoms with van der Waals surface area (Å²) in [5.41, 5.74) is 6.17. The van der Waals surface area contributed by atoms with Gasteiger partial charge in [0.1, 0.15) is 5.82 Å². The Morgan fingerprint density at radius 3 is 2.85 bits per heavy atom. The molecule has 1 aromatic carbocycles. The summed E-state index contributed by atoms with van der Waals surface area (Å²) < 4.78 is 13.4. The Morgan fingerprint density at radius 1 is 1.55 bits per heavy atom. The predicted molar refractivity (Wildman–Crippen MR) is 76.6 cm³/mol. The number of carbonyl (C=O) groups excluding carboxylic acids is 1. The molecule has 20 heavy (non-hydrogen) atoms. The smallest absolute Gasteiger partial charge is 0.254 e. The van der Waals surface area contributed by atoms with Crippen LogP contribution in [0.2, 0.25) is 0 Å². The van der Waals surface area contributed by atoms with Gasteiger partial charge in [-0.15, -0.1) is 0 Å². The molecule has 1 amide bonds. The lowest BCUT2D eigenvalue weighted by molar-refractivity contribution is 0.0786. The van der Waals surface area contributed by atoms with Crippen molar-refractivity contribution >= 4 is 5.91 Å². The van der Waals surface area contributed by atoms with E-state index in [0.717, 1.165) is 6.42 Å². The summed E-state index contributed by atoms with van der Waals surface area (Å²) in [7, 11) is 1.75. The summed E-state index contributed by atoms with van der Waals surface area (Å²) in [5.74, 6) is 6.15. The van der Waals surface area contributed by atoms with Crippen molar-refractivity contribution in [3.63, 3.8) is 0 Å². The van der Waals surface area contributed by atoms with E-state index in [0.29, 0.717) is 29.5 Å². The minimum absolute atomic E-state index is 0.190. The third-order valence-corrected chi connectivity index (χ3v) is 3.67. The highest BCUT2D eigenvalue weighted by Crippen LogP contribution is 2.38. The van der Waals surface area contributed by atoms with Gasteiger partial charge in [0.15, 0.2) is 0 Å². The zero-order valence-electron chi connectivity index (χ0n) is 11.8.